The molecule has 0 aromatic heterocycles. The summed E-state index contributed by atoms with van der Waals surface area (Å²) in [5.41, 5.74) is 2.16. The van der Waals surface area contributed by atoms with E-state index in [1.165, 1.54) is 4.31 Å². The van der Waals surface area contributed by atoms with Gasteiger partial charge >= 0.3 is 0 Å². The van der Waals surface area contributed by atoms with E-state index in [0.29, 0.717) is 49.1 Å². The molecule has 2 amide bonds. The summed E-state index contributed by atoms with van der Waals surface area (Å²) in [6.07, 6.45) is 1.73. The summed E-state index contributed by atoms with van der Waals surface area (Å²) >= 11 is 0. The van der Waals surface area contributed by atoms with Gasteiger partial charge in [0.25, 0.3) is 0 Å². The molecule has 1 aliphatic rings. The third kappa shape index (κ3) is 8.63. The summed E-state index contributed by atoms with van der Waals surface area (Å²) in [6.45, 7) is 3.32. The SMILES string of the molecule is CCNC(=O)[C@H](Cc1ccccc1)N(Cc1cccc(OC)c1)C(=O)CCCN(c1ccc2c(c1)OCCO2)S(C)(=O)=O. The maximum atomic E-state index is 13.9. The van der Waals surface area contributed by atoms with Crippen molar-refractivity contribution in [2.75, 3.05) is 44.0 Å². The Morgan fingerprint density at radius 2 is 1.67 bits per heavy atom. The van der Waals surface area contributed by atoms with Crippen LogP contribution in [0.1, 0.15) is 30.9 Å². The lowest BCUT2D eigenvalue weighted by molar-refractivity contribution is -0.141. The maximum Gasteiger partial charge on any atom is 0.243 e. The van der Waals surface area contributed by atoms with Gasteiger partial charge in [-0.15, -0.1) is 0 Å². The van der Waals surface area contributed by atoms with Gasteiger partial charge in [-0.05, 0) is 48.7 Å². The lowest BCUT2D eigenvalue weighted by Crippen LogP contribution is -2.50. The number of benzene rings is 3. The Morgan fingerprint density at radius 1 is 0.953 bits per heavy atom. The summed E-state index contributed by atoms with van der Waals surface area (Å²) in [5, 5.41) is 2.88. The quantitative estimate of drug-likeness (QED) is 0.296. The van der Waals surface area contributed by atoms with Gasteiger partial charge < -0.3 is 24.4 Å². The molecule has 0 saturated heterocycles. The first kappa shape index (κ1) is 31.7. The number of carbonyl (C=O) groups excluding carboxylic acids is 2. The molecule has 43 heavy (non-hydrogen) atoms. The number of carbonyl (C=O) groups is 2. The van der Waals surface area contributed by atoms with Crippen molar-refractivity contribution in [3.05, 3.63) is 83.9 Å². The smallest absolute Gasteiger partial charge is 0.243 e. The highest BCUT2D eigenvalue weighted by molar-refractivity contribution is 7.92. The molecular weight excluding hydrogens is 570 g/mol. The zero-order valence-corrected chi connectivity index (χ0v) is 25.6. The van der Waals surface area contributed by atoms with E-state index in [1.54, 1.807) is 30.2 Å². The highest BCUT2D eigenvalue weighted by Gasteiger charge is 2.30. The number of hydrogen-bond acceptors (Lipinski definition) is 7. The predicted octanol–water partition coefficient (Wildman–Crippen LogP) is 3.79. The minimum Gasteiger partial charge on any atom is -0.497 e. The monoisotopic (exact) mass is 609 g/mol. The third-order valence-electron chi connectivity index (χ3n) is 7.08. The molecule has 1 aliphatic heterocycles. The molecule has 0 aliphatic carbocycles. The number of rotatable bonds is 14. The van der Waals surface area contributed by atoms with Crippen LogP contribution in [-0.2, 0) is 32.6 Å². The van der Waals surface area contributed by atoms with Gasteiger partial charge in [-0.2, -0.15) is 0 Å². The highest BCUT2D eigenvalue weighted by Crippen LogP contribution is 2.35. The molecule has 0 radical (unpaired) electrons. The van der Waals surface area contributed by atoms with E-state index in [0.717, 1.165) is 17.4 Å². The lowest BCUT2D eigenvalue weighted by atomic mass is 10.0. The molecule has 0 spiro atoms. The number of nitrogens with zero attached hydrogens (tertiary/aromatic N) is 2. The first-order chi connectivity index (χ1) is 20.7. The van der Waals surface area contributed by atoms with Crippen LogP contribution in [-0.4, -0.2) is 70.8 Å². The Bertz CT molecular complexity index is 1500. The first-order valence-corrected chi connectivity index (χ1v) is 16.2. The van der Waals surface area contributed by atoms with Gasteiger partial charge in [0.1, 0.15) is 25.0 Å². The average Bonchev–Trinajstić information content (AvgIpc) is 3.00. The number of sulfonamides is 1. The van der Waals surface area contributed by atoms with Crippen LogP contribution in [0.2, 0.25) is 0 Å². The molecule has 0 fully saturated rings. The van der Waals surface area contributed by atoms with Crippen molar-refractivity contribution in [2.45, 2.75) is 38.8 Å². The fourth-order valence-corrected chi connectivity index (χ4v) is 5.96. The molecule has 1 heterocycles. The van der Waals surface area contributed by atoms with Gasteiger partial charge in [0.15, 0.2) is 11.5 Å². The largest absolute Gasteiger partial charge is 0.497 e. The summed E-state index contributed by atoms with van der Waals surface area (Å²) in [7, 11) is -2.09. The number of hydrogen-bond donors (Lipinski definition) is 1. The second kappa shape index (κ2) is 14.8. The Labute approximate surface area is 253 Å². The van der Waals surface area contributed by atoms with E-state index < -0.39 is 16.1 Å². The molecule has 1 N–H and O–H groups in total. The van der Waals surface area contributed by atoms with Gasteiger partial charge in [0.2, 0.25) is 21.8 Å². The van der Waals surface area contributed by atoms with Crippen molar-refractivity contribution in [1.82, 2.24) is 10.2 Å². The lowest BCUT2D eigenvalue weighted by Gasteiger charge is -2.32. The fraction of sp³-hybridized carbons (Fsp3) is 0.375. The number of likely N-dealkylation sites (N-methyl/N-ethyl adjacent to an activating group) is 1. The van der Waals surface area contributed by atoms with E-state index in [-0.39, 0.29) is 37.7 Å². The summed E-state index contributed by atoms with van der Waals surface area (Å²) in [4.78, 5) is 28.9. The van der Waals surface area contributed by atoms with Crippen molar-refractivity contribution in [1.29, 1.82) is 0 Å². The molecule has 230 valence electrons. The van der Waals surface area contributed by atoms with E-state index in [1.807, 2.05) is 61.5 Å². The van der Waals surface area contributed by atoms with Crippen LogP contribution < -0.4 is 23.8 Å². The van der Waals surface area contributed by atoms with Crippen LogP contribution in [0.5, 0.6) is 17.2 Å². The third-order valence-corrected chi connectivity index (χ3v) is 8.27. The second-order valence-electron chi connectivity index (χ2n) is 10.2. The van der Waals surface area contributed by atoms with E-state index in [4.69, 9.17) is 14.2 Å². The van der Waals surface area contributed by atoms with E-state index in [9.17, 15) is 18.0 Å². The Balaban J connectivity index is 1.57. The highest BCUT2D eigenvalue weighted by atomic mass is 32.2. The van der Waals surface area contributed by atoms with Crippen LogP contribution in [0.15, 0.2) is 72.8 Å². The summed E-state index contributed by atoms with van der Waals surface area (Å²) in [6, 6.07) is 21.1. The molecular formula is C32H39N3O7S. The summed E-state index contributed by atoms with van der Waals surface area (Å²) < 4.78 is 43.4. The average molecular weight is 610 g/mol. The van der Waals surface area contributed by atoms with Crippen LogP contribution in [0, 0.1) is 0 Å². The number of methoxy groups -OCH3 is 1. The predicted molar refractivity (Wildman–Crippen MR) is 165 cm³/mol. The van der Waals surface area contributed by atoms with Gasteiger partial charge in [-0.3, -0.25) is 13.9 Å². The Kier molecular flexibility index (Phi) is 10.9. The van der Waals surface area contributed by atoms with Gasteiger partial charge in [0.05, 0.1) is 19.1 Å². The number of fused-ring (bicyclic) bond motifs is 1. The minimum absolute atomic E-state index is 0.0330. The molecule has 0 bridgehead atoms. The van der Waals surface area contributed by atoms with E-state index >= 15 is 0 Å². The molecule has 1 atom stereocenters. The molecule has 10 nitrogen and oxygen atoms in total. The Morgan fingerprint density at radius 3 is 2.37 bits per heavy atom. The molecule has 3 aromatic rings. The number of ether oxygens (including phenoxy) is 3. The van der Waals surface area contributed by atoms with Crippen molar-refractivity contribution >= 4 is 27.5 Å². The fourth-order valence-electron chi connectivity index (χ4n) is 5.00. The summed E-state index contributed by atoms with van der Waals surface area (Å²) in [5.74, 6) is 1.17. The second-order valence-corrected chi connectivity index (χ2v) is 12.1. The van der Waals surface area contributed by atoms with Crippen LogP contribution in [0.4, 0.5) is 5.69 Å². The van der Waals surface area contributed by atoms with Gasteiger partial charge in [0, 0.05) is 38.5 Å². The standard InChI is InChI=1S/C32H39N3O7S/c1-4-33-32(37)28(21-24-10-6-5-7-11-24)34(23-25-12-8-13-27(20-25)40-2)31(36)14-9-17-35(43(3,38)39)26-15-16-29-30(22-26)42-19-18-41-29/h5-8,10-13,15-16,20,22,28H,4,9,14,17-19,21,23H2,1-3H3,(H,33,37)/t28-/m0/s1. The van der Waals surface area contributed by atoms with Crippen molar-refractivity contribution in [2.24, 2.45) is 0 Å². The van der Waals surface area contributed by atoms with Crippen LogP contribution in [0.25, 0.3) is 0 Å². The van der Waals surface area contributed by atoms with Crippen LogP contribution in [0.3, 0.4) is 0 Å². The normalized spacial score (nSPS) is 13.1. The number of anilines is 1. The molecule has 0 unspecified atom stereocenters. The number of amides is 2. The topological polar surface area (TPSA) is 114 Å². The zero-order chi connectivity index (χ0) is 30.8. The molecule has 4 rings (SSSR count). The molecule has 0 saturated carbocycles. The molecule has 11 heteroatoms. The van der Waals surface area contributed by atoms with Crippen molar-refractivity contribution in [3.8, 4) is 17.2 Å². The van der Waals surface area contributed by atoms with Crippen molar-refractivity contribution in [3.63, 3.8) is 0 Å². The molecule has 3 aromatic carbocycles. The number of nitrogens with one attached hydrogen (secondary N) is 1. The first-order valence-electron chi connectivity index (χ1n) is 14.3. The maximum absolute atomic E-state index is 13.9. The van der Waals surface area contributed by atoms with Gasteiger partial charge in [-0.25, -0.2) is 8.42 Å². The Hall–Kier alpha value is -4.25. The van der Waals surface area contributed by atoms with Crippen molar-refractivity contribution < 1.29 is 32.2 Å². The van der Waals surface area contributed by atoms with Crippen LogP contribution >= 0.6 is 0 Å². The van der Waals surface area contributed by atoms with E-state index in [2.05, 4.69) is 5.32 Å². The zero-order valence-electron chi connectivity index (χ0n) is 24.8. The van der Waals surface area contributed by atoms with Gasteiger partial charge in [-0.1, -0.05) is 42.5 Å². The minimum atomic E-state index is -3.66.